The predicted octanol–water partition coefficient (Wildman–Crippen LogP) is 3.08. The largest absolute Gasteiger partial charge is 0.311 e. The lowest BCUT2D eigenvalue weighted by atomic mass is 10.1. The molecule has 1 heterocycles. The van der Waals surface area contributed by atoms with Crippen LogP contribution in [0.5, 0.6) is 0 Å². The first kappa shape index (κ1) is 14.0. The third-order valence-electron chi connectivity index (χ3n) is 2.67. The zero-order chi connectivity index (χ0) is 12.7. The summed E-state index contributed by atoms with van der Waals surface area (Å²) in [5.41, 5.74) is 2.63. The molecule has 0 aliphatic carbocycles. The molecule has 0 radical (unpaired) electrons. The molecule has 0 amide bonds. The number of aromatic nitrogens is 2. The van der Waals surface area contributed by atoms with Crippen LogP contribution in [-0.4, -0.2) is 22.4 Å². The van der Waals surface area contributed by atoms with Crippen molar-refractivity contribution < 1.29 is 0 Å². The first-order valence-corrected chi connectivity index (χ1v) is 6.61. The van der Waals surface area contributed by atoms with E-state index in [-0.39, 0.29) is 0 Å². The van der Waals surface area contributed by atoms with Crippen molar-refractivity contribution in [1.29, 1.82) is 0 Å². The molecule has 0 spiro atoms. The van der Waals surface area contributed by atoms with Gasteiger partial charge in [-0.25, -0.2) is 0 Å². The zero-order valence-electron chi connectivity index (χ0n) is 11.5. The van der Waals surface area contributed by atoms with Gasteiger partial charge in [-0.2, -0.15) is 5.10 Å². The van der Waals surface area contributed by atoms with Crippen LogP contribution in [0.3, 0.4) is 0 Å². The summed E-state index contributed by atoms with van der Waals surface area (Å²) in [4.78, 5) is 0. The molecule has 1 N–H and O–H groups in total. The minimum Gasteiger partial charge on any atom is -0.311 e. The maximum Gasteiger partial charge on any atom is 0.0562 e. The van der Waals surface area contributed by atoms with Crippen molar-refractivity contribution in [2.45, 2.75) is 53.1 Å². The smallest absolute Gasteiger partial charge is 0.0562 e. The molecule has 96 valence electrons. The second-order valence-electron chi connectivity index (χ2n) is 4.73. The third-order valence-corrected chi connectivity index (χ3v) is 2.67. The standard InChI is InChI=1S/C14H25N3/c1-5-7-17-11-14(10-16-17)8-13(6-2)9-15-12(3)4/h8,10-12,15H,5-7,9H2,1-4H3/b13-8-. The highest BCUT2D eigenvalue weighted by atomic mass is 15.3. The monoisotopic (exact) mass is 235 g/mol. The van der Waals surface area contributed by atoms with E-state index in [2.05, 4.69) is 50.4 Å². The fraction of sp³-hybridized carbons (Fsp3) is 0.643. The molecule has 3 nitrogen and oxygen atoms in total. The van der Waals surface area contributed by atoms with Crippen LogP contribution in [0.2, 0.25) is 0 Å². The Morgan fingerprint density at radius 3 is 2.82 bits per heavy atom. The summed E-state index contributed by atoms with van der Waals surface area (Å²) in [7, 11) is 0. The van der Waals surface area contributed by atoms with Gasteiger partial charge in [0.05, 0.1) is 6.20 Å². The van der Waals surface area contributed by atoms with Crippen molar-refractivity contribution in [3.8, 4) is 0 Å². The highest BCUT2D eigenvalue weighted by Gasteiger charge is 1.99. The predicted molar refractivity (Wildman–Crippen MR) is 73.9 cm³/mol. The lowest BCUT2D eigenvalue weighted by Gasteiger charge is -2.09. The Morgan fingerprint density at radius 1 is 1.47 bits per heavy atom. The molecule has 0 aromatic carbocycles. The van der Waals surface area contributed by atoms with E-state index in [0.29, 0.717) is 6.04 Å². The summed E-state index contributed by atoms with van der Waals surface area (Å²) in [6, 6.07) is 0.535. The van der Waals surface area contributed by atoms with Crippen molar-refractivity contribution in [2.24, 2.45) is 0 Å². The van der Waals surface area contributed by atoms with Gasteiger partial charge in [-0.1, -0.05) is 39.3 Å². The number of nitrogens with zero attached hydrogens (tertiary/aromatic N) is 2. The molecular formula is C14H25N3. The van der Waals surface area contributed by atoms with Crippen molar-refractivity contribution in [3.63, 3.8) is 0 Å². The average Bonchev–Trinajstić information content (AvgIpc) is 2.72. The molecule has 0 bridgehead atoms. The Labute approximate surface area is 105 Å². The van der Waals surface area contributed by atoms with Crippen LogP contribution < -0.4 is 5.32 Å². The second kappa shape index (κ2) is 7.28. The fourth-order valence-corrected chi connectivity index (χ4v) is 1.65. The lowest BCUT2D eigenvalue weighted by molar-refractivity contribution is 0.602. The molecule has 0 saturated carbocycles. The minimum atomic E-state index is 0.535. The molecule has 1 rings (SSSR count). The van der Waals surface area contributed by atoms with Gasteiger partial charge in [-0.3, -0.25) is 4.68 Å². The van der Waals surface area contributed by atoms with Crippen LogP contribution in [0.4, 0.5) is 0 Å². The zero-order valence-corrected chi connectivity index (χ0v) is 11.5. The van der Waals surface area contributed by atoms with Crippen LogP contribution in [0.15, 0.2) is 18.0 Å². The van der Waals surface area contributed by atoms with Gasteiger partial charge in [0.15, 0.2) is 0 Å². The van der Waals surface area contributed by atoms with E-state index >= 15 is 0 Å². The van der Waals surface area contributed by atoms with E-state index in [9.17, 15) is 0 Å². The first-order valence-electron chi connectivity index (χ1n) is 6.61. The maximum atomic E-state index is 4.34. The summed E-state index contributed by atoms with van der Waals surface area (Å²) < 4.78 is 2.01. The average molecular weight is 235 g/mol. The Bertz CT molecular complexity index is 350. The minimum absolute atomic E-state index is 0.535. The van der Waals surface area contributed by atoms with Crippen molar-refractivity contribution in [1.82, 2.24) is 15.1 Å². The molecule has 0 fully saturated rings. The summed E-state index contributed by atoms with van der Waals surface area (Å²) in [6.07, 6.45) is 8.52. The number of rotatable bonds is 7. The molecule has 0 unspecified atom stereocenters. The van der Waals surface area contributed by atoms with Crippen LogP contribution in [0.25, 0.3) is 6.08 Å². The first-order chi connectivity index (χ1) is 8.15. The number of nitrogens with one attached hydrogen (secondary N) is 1. The second-order valence-corrected chi connectivity index (χ2v) is 4.73. The van der Waals surface area contributed by atoms with Crippen LogP contribution in [-0.2, 0) is 6.54 Å². The van der Waals surface area contributed by atoms with E-state index in [0.717, 1.165) is 25.9 Å². The lowest BCUT2D eigenvalue weighted by Crippen LogP contribution is -2.24. The fourth-order valence-electron chi connectivity index (χ4n) is 1.65. The topological polar surface area (TPSA) is 29.9 Å². The van der Waals surface area contributed by atoms with Crippen molar-refractivity contribution in [3.05, 3.63) is 23.5 Å². The van der Waals surface area contributed by atoms with Gasteiger partial charge in [0, 0.05) is 30.9 Å². The summed E-state index contributed by atoms with van der Waals surface area (Å²) in [5, 5.41) is 7.79. The summed E-state index contributed by atoms with van der Waals surface area (Å²) >= 11 is 0. The van der Waals surface area contributed by atoms with E-state index in [1.165, 1.54) is 11.1 Å². The van der Waals surface area contributed by atoms with E-state index in [4.69, 9.17) is 0 Å². The van der Waals surface area contributed by atoms with E-state index < -0.39 is 0 Å². The summed E-state index contributed by atoms with van der Waals surface area (Å²) in [5.74, 6) is 0. The van der Waals surface area contributed by atoms with Gasteiger partial charge < -0.3 is 5.32 Å². The molecule has 0 atom stereocenters. The number of hydrogen-bond donors (Lipinski definition) is 1. The number of hydrogen-bond acceptors (Lipinski definition) is 2. The Balaban J connectivity index is 2.62. The van der Waals surface area contributed by atoms with Crippen LogP contribution in [0, 0.1) is 0 Å². The third kappa shape index (κ3) is 5.18. The highest BCUT2D eigenvalue weighted by Crippen LogP contribution is 2.09. The van der Waals surface area contributed by atoms with E-state index in [1.807, 2.05) is 10.9 Å². The van der Waals surface area contributed by atoms with Gasteiger partial charge in [-0.05, 0) is 12.8 Å². The molecule has 0 aliphatic rings. The molecule has 3 heteroatoms. The van der Waals surface area contributed by atoms with Gasteiger partial charge in [0.2, 0.25) is 0 Å². The Morgan fingerprint density at radius 2 is 2.24 bits per heavy atom. The van der Waals surface area contributed by atoms with Crippen molar-refractivity contribution in [2.75, 3.05) is 6.54 Å². The SMILES string of the molecule is CCCn1cc(/C=C(/CC)CNC(C)C)cn1. The quantitative estimate of drug-likeness (QED) is 0.787. The Kier molecular flexibility index (Phi) is 5.98. The molecule has 1 aromatic heterocycles. The maximum absolute atomic E-state index is 4.34. The van der Waals surface area contributed by atoms with Crippen molar-refractivity contribution >= 4 is 6.08 Å². The van der Waals surface area contributed by atoms with Gasteiger partial charge in [-0.15, -0.1) is 0 Å². The highest BCUT2D eigenvalue weighted by molar-refractivity contribution is 5.51. The molecule has 1 aromatic rings. The van der Waals surface area contributed by atoms with E-state index in [1.54, 1.807) is 0 Å². The normalized spacial score (nSPS) is 12.4. The molecule has 17 heavy (non-hydrogen) atoms. The molecule has 0 aliphatic heterocycles. The molecular weight excluding hydrogens is 210 g/mol. The van der Waals surface area contributed by atoms with Gasteiger partial charge >= 0.3 is 0 Å². The van der Waals surface area contributed by atoms with Gasteiger partial charge in [0.25, 0.3) is 0 Å². The van der Waals surface area contributed by atoms with Gasteiger partial charge in [0.1, 0.15) is 0 Å². The van der Waals surface area contributed by atoms with Crippen LogP contribution >= 0.6 is 0 Å². The van der Waals surface area contributed by atoms with Crippen LogP contribution in [0.1, 0.15) is 46.1 Å². The Hall–Kier alpha value is -1.09. The number of aryl methyl sites for hydroxylation is 1. The molecule has 0 saturated heterocycles. The summed E-state index contributed by atoms with van der Waals surface area (Å²) in [6.45, 7) is 10.7.